The van der Waals surface area contributed by atoms with E-state index in [9.17, 15) is 4.79 Å². The Morgan fingerprint density at radius 3 is 2.85 bits per heavy atom. The highest BCUT2D eigenvalue weighted by molar-refractivity contribution is 5.82. The second kappa shape index (κ2) is 7.63. The average molecular weight is 370 g/mol. The minimum absolute atomic E-state index is 0.121. The van der Waals surface area contributed by atoms with E-state index in [1.807, 2.05) is 18.2 Å². The first-order valence-corrected chi connectivity index (χ1v) is 10.2. The fourth-order valence-corrected chi connectivity index (χ4v) is 4.69. The van der Waals surface area contributed by atoms with Gasteiger partial charge in [0.1, 0.15) is 6.61 Å². The molecule has 1 aromatic heterocycles. The maximum atomic E-state index is 13.0. The van der Waals surface area contributed by atoms with Crippen LogP contribution in [0.25, 0.3) is 0 Å². The third kappa shape index (κ3) is 4.03. The van der Waals surface area contributed by atoms with Crippen molar-refractivity contribution in [2.45, 2.75) is 51.6 Å². The average Bonchev–Trinajstić information content (AvgIpc) is 3.10. The maximum absolute atomic E-state index is 13.0. The quantitative estimate of drug-likeness (QED) is 0.760. The molecule has 146 valence electrons. The number of ether oxygens (including phenoxy) is 2. The lowest BCUT2D eigenvalue weighted by molar-refractivity contribution is -0.144. The molecule has 0 bridgehead atoms. The number of piperidine rings is 1. The van der Waals surface area contributed by atoms with Crippen molar-refractivity contribution in [3.63, 3.8) is 0 Å². The number of hydrogen-bond acceptors (Lipinski definition) is 4. The number of amides is 1. The summed E-state index contributed by atoms with van der Waals surface area (Å²) in [6.07, 6.45) is 12.2. The van der Waals surface area contributed by atoms with Crippen LogP contribution < -0.4 is 4.74 Å². The van der Waals surface area contributed by atoms with Gasteiger partial charge in [-0.2, -0.15) is 0 Å². The van der Waals surface area contributed by atoms with E-state index in [4.69, 9.17) is 9.47 Å². The third-order valence-corrected chi connectivity index (χ3v) is 6.57. The Morgan fingerprint density at radius 1 is 1.30 bits per heavy atom. The molecule has 3 aliphatic rings. The number of hydrogen-bond donors (Lipinski definition) is 0. The molecule has 1 spiro atoms. The molecule has 1 aliphatic carbocycles. The van der Waals surface area contributed by atoms with Gasteiger partial charge in [0.05, 0.1) is 18.1 Å². The van der Waals surface area contributed by atoms with Gasteiger partial charge < -0.3 is 14.4 Å². The summed E-state index contributed by atoms with van der Waals surface area (Å²) in [7, 11) is 0. The summed E-state index contributed by atoms with van der Waals surface area (Å²) in [5.41, 5.74) is 0.00673. The summed E-state index contributed by atoms with van der Waals surface area (Å²) >= 11 is 0. The van der Waals surface area contributed by atoms with E-state index in [-0.39, 0.29) is 16.9 Å². The van der Waals surface area contributed by atoms with E-state index in [1.165, 1.54) is 0 Å². The summed E-state index contributed by atoms with van der Waals surface area (Å²) < 4.78 is 11.8. The molecule has 2 saturated heterocycles. The zero-order valence-electron chi connectivity index (χ0n) is 16.2. The Morgan fingerprint density at radius 2 is 2.15 bits per heavy atom. The highest BCUT2D eigenvalue weighted by atomic mass is 16.5. The van der Waals surface area contributed by atoms with Gasteiger partial charge in [-0.3, -0.25) is 4.79 Å². The first-order chi connectivity index (χ1) is 13.1. The van der Waals surface area contributed by atoms with E-state index in [0.717, 1.165) is 58.2 Å². The van der Waals surface area contributed by atoms with E-state index in [1.54, 1.807) is 6.20 Å². The van der Waals surface area contributed by atoms with Crippen LogP contribution in [0.4, 0.5) is 0 Å². The number of aromatic nitrogens is 1. The standard InChI is InChI=1S/C22H30N2O3/c1-21(8-4-2-5-9-21)20(25)24-13-10-22(11-14-24)15-18(27-17-22)16-26-19-7-3-6-12-23-19/h2-4,6-7,12,18H,5,8-11,13-17H2,1H3. The summed E-state index contributed by atoms with van der Waals surface area (Å²) in [5.74, 6) is 0.993. The van der Waals surface area contributed by atoms with Gasteiger partial charge in [-0.15, -0.1) is 0 Å². The fraction of sp³-hybridized carbons (Fsp3) is 0.636. The van der Waals surface area contributed by atoms with Crippen LogP contribution in [0.2, 0.25) is 0 Å². The summed E-state index contributed by atoms with van der Waals surface area (Å²) in [5, 5.41) is 0. The van der Waals surface area contributed by atoms with Crippen LogP contribution in [0.5, 0.6) is 5.88 Å². The SMILES string of the molecule is CC1(C(=O)N2CCC3(CC2)COC(COc2ccccn2)C3)CC=CCC1. The van der Waals surface area contributed by atoms with Crippen LogP contribution in [0, 0.1) is 10.8 Å². The molecule has 2 unspecified atom stereocenters. The molecular weight excluding hydrogens is 340 g/mol. The first-order valence-electron chi connectivity index (χ1n) is 10.2. The highest BCUT2D eigenvalue weighted by Crippen LogP contribution is 2.43. The molecule has 2 atom stereocenters. The predicted molar refractivity (Wildman–Crippen MR) is 103 cm³/mol. The Kier molecular flexibility index (Phi) is 5.22. The number of likely N-dealkylation sites (tertiary alicyclic amines) is 1. The van der Waals surface area contributed by atoms with E-state index in [2.05, 4.69) is 29.0 Å². The minimum Gasteiger partial charge on any atom is -0.475 e. The Hall–Kier alpha value is -1.88. The lowest BCUT2D eigenvalue weighted by atomic mass is 9.74. The molecule has 5 nitrogen and oxygen atoms in total. The van der Waals surface area contributed by atoms with Gasteiger partial charge in [0.25, 0.3) is 0 Å². The number of allylic oxidation sites excluding steroid dienone is 2. The van der Waals surface area contributed by atoms with Crippen LogP contribution in [0.15, 0.2) is 36.5 Å². The second-order valence-electron chi connectivity index (χ2n) is 8.68. The summed E-state index contributed by atoms with van der Waals surface area (Å²) in [4.78, 5) is 19.3. The molecular formula is C22H30N2O3. The normalized spacial score (nSPS) is 29.8. The van der Waals surface area contributed by atoms with Crippen molar-refractivity contribution in [2.75, 3.05) is 26.3 Å². The molecule has 4 rings (SSSR count). The predicted octanol–water partition coefficient (Wildman–Crippen LogP) is 3.60. The second-order valence-corrected chi connectivity index (χ2v) is 8.68. The number of carbonyl (C=O) groups excluding carboxylic acids is 1. The van der Waals surface area contributed by atoms with Gasteiger partial charge in [0.15, 0.2) is 0 Å². The third-order valence-electron chi connectivity index (χ3n) is 6.57. The van der Waals surface area contributed by atoms with Crippen LogP contribution in [0.3, 0.4) is 0 Å². The monoisotopic (exact) mass is 370 g/mol. The largest absolute Gasteiger partial charge is 0.475 e. The maximum Gasteiger partial charge on any atom is 0.228 e. The van der Waals surface area contributed by atoms with Crippen molar-refractivity contribution in [1.29, 1.82) is 0 Å². The Labute approximate surface area is 161 Å². The molecule has 27 heavy (non-hydrogen) atoms. The van der Waals surface area contributed by atoms with Gasteiger partial charge in [-0.1, -0.05) is 25.1 Å². The molecule has 3 heterocycles. The lowest BCUT2D eigenvalue weighted by Crippen LogP contribution is -2.49. The van der Waals surface area contributed by atoms with Crippen molar-refractivity contribution in [2.24, 2.45) is 10.8 Å². The molecule has 1 amide bonds. The van der Waals surface area contributed by atoms with Crippen molar-refractivity contribution in [3.8, 4) is 5.88 Å². The zero-order valence-corrected chi connectivity index (χ0v) is 16.2. The van der Waals surface area contributed by atoms with E-state index in [0.29, 0.717) is 18.4 Å². The van der Waals surface area contributed by atoms with Gasteiger partial charge >= 0.3 is 0 Å². The Balaban J connectivity index is 1.27. The fourth-order valence-electron chi connectivity index (χ4n) is 4.69. The Bertz CT molecular complexity index is 682. The van der Waals surface area contributed by atoms with Gasteiger partial charge in [-0.05, 0) is 50.0 Å². The number of nitrogens with zero attached hydrogens (tertiary/aromatic N) is 2. The molecule has 2 aliphatic heterocycles. The zero-order chi connectivity index (χ0) is 18.7. The van der Waals surface area contributed by atoms with Crippen LogP contribution in [0.1, 0.15) is 45.4 Å². The smallest absolute Gasteiger partial charge is 0.228 e. The molecule has 5 heteroatoms. The van der Waals surface area contributed by atoms with Crippen molar-refractivity contribution in [3.05, 3.63) is 36.5 Å². The van der Waals surface area contributed by atoms with E-state index >= 15 is 0 Å². The van der Waals surface area contributed by atoms with Gasteiger partial charge in [0.2, 0.25) is 11.8 Å². The minimum atomic E-state index is -0.204. The molecule has 0 radical (unpaired) electrons. The van der Waals surface area contributed by atoms with Crippen LogP contribution in [-0.2, 0) is 9.53 Å². The van der Waals surface area contributed by atoms with Gasteiger partial charge in [-0.25, -0.2) is 4.98 Å². The summed E-state index contributed by atoms with van der Waals surface area (Å²) in [6.45, 7) is 5.18. The van der Waals surface area contributed by atoms with Crippen molar-refractivity contribution < 1.29 is 14.3 Å². The first kappa shape index (κ1) is 18.5. The summed E-state index contributed by atoms with van der Waals surface area (Å²) in [6, 6.07) is 5.68. The van der Waals surface area contributed by atoms with E-state index < -0.39 is 0 Å². The van der Waals surface area contributed by atoms with Crippen LogP contribution in [-0.4, -0.2) is 48.2 Å². The molecule has 0 aromatic carbocycles. The number of rotatable bonds is 4. The lowest BCUT2D eigenvalue weighted by Gasteiger charge is -2.42. The van der Waals surface area contributed by atoms with Crippen molar-refractivity contribution >= 4 is 5.91 Å². The number of carbonyl (C=O) groups is 1. The van der Waals surface area contributed by atoms with Crippen molar-refractivity contribution in [1.82, 2.24) is 9.88 Å². The topological polar surface area (TPSA) is 51.7 Å². The highest BCUT2D eigenvalue weighted by Gasteiger charge is 2.45. The molecule has 2 fully saturated rings. The molecule has 0 saturated carbocycles. The molecule has 1 aromatic rings. The molecule has 0 N–H and O–H groups in total. The van der Waals surface area contributed by atoms with Gasteiger partial charge in [0, 0.05) is 25.4 Å². The van der Waals surface area contributed by atoms with Crippen LogP contribution >= 0.6 is 0 Å². The number of pyridine rings is 1.